The third-order valence-electron chi connectivity index (χ3n) is 2.66. The van der Waals surface area contributed by atoms with Crippen molar-refractivity contribution < 1.29 is 4.74 Å². The van der Waals surface area contributed by atoms with Gasteiger partial charge in [-0.15, -0.1) is 0 Å². The largest absolute Gasteiger partial charge is 0.496 e. The van der Waals surface area contributed by atoms with E-state index in [1.807, 2.05) is 12.1 Å². The van der Waals surface area contributed by atoms with Gasteiger partial charge in [0.15, 0.2) is 0 Å². The van der Waals surface area contributed by atoms with Crippen molar-refractivity contribution in [3.05, 3.63) is 22.7 Å². The van der Waals surface area contributed by atoms with Gasteiger partial charge in [-0.25, -0.2) is 0 Å². The van der Waals surface area contributed by atoms with Crippen LogP contribution in [-0.2, 0) is 6.42 Å². The maximum Gasteiger partial charge on any atom is 0.126 e. The van der Waals surface area contributed by atoms with Crippen molar-refractivity contribution in [3.8, 4) is 5.75 Å². The Morgan fingerprint density at radius 3 is 2.73 bits per heavy atom. The minimum atomic E-state index is 0.473. The van der Waals surface area contributed by atoms with Crippen LogP contribution in [0.1, 0.15) is 19.4 Å². The molecule has 0 fully saturated rings. The molecule has 0 atom stereocenters. The Morgan fingerprint density at radius 1 is 1.40 bits per heavy atom. The summed E-state index contributed by atoms with van der Waals surface area (Å²) in [5.74, 6) is 1.32. The van der Waals surface area contributed by atoms with Gasteiger partial charge in [-0.3, -0.25) is 4.99 Å². The van der Waals surface area contributed by atoms with Crippen LogP contribution in [0.15, 0.2) is 17.1 Å². The topological polar surface area (TPSA) is 21.6 Å². The van der Waals surface area contributed by atoms with Crippen LogP contribution in [0.25, 0.3) is 0 Å². The number of aliphatic imine (C=N–C) groups is 1. The summed E-state index contributed by atoms with van der Waals surface area (Å²) in [5, 5.41) is 0.680. The molecule has 0 unspecified atom stereocenters. The second kappa shape index (κ2) is 3.86. The molecular weight excluding hydrogens is 210 g/mol. The zero-order valence-corrected chi connectivity index (χ0v) is 9.93. The van der Waals surface area contributed by atoms with E-state index < -0.39 is 0 Å². The van der Waals surface area contributed by atoms with E-state index in [0.29, 0.717) is 10.9 Å². The van der Waals surface area contributed by atoms with E-state index in [2.05, 4.69) is 18.8 Å². The molecule has 1 aromatic rings. The molecular formula is C12H14ClNO. The number of hydrogen-bond acceptors (Lipinski definition) is 2. The summed E-state index contributed by atoms with van der Waals surface area (Å²) in [5.41, 5.74) is 3.32. The van der Waals surface area contributed by atoms with Gasteiger partial charge in [0.05, 0.1) is 12.8 Å². The minimum Gasteiger partial charge on any atom is -0.496 e. The molecule has 2 nitrogen and oxygen atoms in total. The first-order valence-electron chi connectivity index (χ1n) is 5.05. The minimum absolute atomic E-state index is 0.473. The van der Waals surface area contributed by atoms with Gasteiger partial charge in [0, 0.05) is 22.7 Å². The highest BCUT2D eigenvalue weighted by Gasteiger charge is 2.21. The number of fused-ring (bicyclic) bond motifs is 1. The van der Waals surface area contributed by atoms with Crippen molar-refractivity contribution in [2.24, 2.45) is 10.9 Å². The van der Waals surface area contributed by atoms with E-state index in [0.717, 1.165) is 23.4 Å². The Balaban J connectivity index is 2.45. The van der Waals surface area contributed by atoms with E-state index in [1.165, 1.54) is 5.71 Å². The van der Waals surface area contributed by atoms with Crippen molar-refractivity contribution >= 4 is 23.0 Å². The average Bonchev–Trinajstić information content (AvgIpc) is 2.59. The Bertz CT molecular complexity index is 424. The third-order valence-corrected chi connectivity index (χ3v) is 2.88. The Hall–Kier alpha value is -1.02. The summed E-state index contributed by atoms with van der Waals surface area (Å²) in [6, 6.07) is 3.74. The van der Waals surface area contributed by atoms with E-state index in [9.17, 15) is 0 Å². The van der Waals surface area contributed by atoms with Gasteiger partial charge in [-0.2, -0.15) is 0 Å². The molecule has 80 valence electrons. The second-order valence-electron chi connectivity index (χ2n) is 4.04. The fraction of sp³-hybridized carbons (Fsp3) is 0.417. The molecule has 3 heteroatoms. The van der Waals surface area contributed by atoms with Crippen LogP contribution in [0.5, 0.6) is 5.75 Å². The van der Waals surface area contributed by atoms with Gasteiger partial charge in [0.25, 0.3) is 0 Å². The molecule has 1 heterocycles. The molecule has 1 aliphatic rings. The molecule has 0 aromatic heterocycles. The first-order valence-corrected chi connectivity index (χ1v) is 5.43. The summed E-state index contributed by atoms with van der Waals surface area (Å²) < 4.78 is 5.31. The quantitative estimate of drug-likeness (QED) is 0.750. The lowest BCUT2D eigenvalue weighted by atomic mass is 10.0. The number of methoxy groups -OCH3 is 1. The zero-order chi connectivity index (χ0) is 11.0. The molecule has 0 spiro atoms. The van der Waals surface area contributed by atoms with Crippen molar-refractivity contribution in [2.75, 3.05) is 7.11 Å². The number of halogens is 1. The molecule has 0 saturated carbocycles. The SMILES string of the molecule is COc1cc(Cl)cc2c1CC(C(C)C)=N2. The molecule has 15 heavy (non-hydrogen) atoms. The van der Waals surface area contributed by atoms with E-state index in [4.69, 9.17) is 16.3 Å². The lowest BCUT2D eigenvalue weighted by Gasteiger charge is -2.07. The maximum absolute atomic E-state index is 5.99. The van der Waals surface area contributed by atoms with Crippen molar-refractivity contribution in [1.29, 1.82) is 0 Å². The normalized spacial score (nSPS) is 14.1. The number of benzene rings is 1. The highest BCUT2D eigenvalue weighted by atomic mass is 35.5. The molecule has 0 amide bonds. The summed E-state index contributed by atoms with van der Waals surface area (Å²) >= 11 is 5.99. The molecule has 1 aromatic carbocycles. The highest BCUT2D eigenvalue weighted by molar-refractivity contribution is 6.31. The first kappa shape index (κ1) is 10.5. The second-order valence-corrected chi connectivity index (χ2v) is 4.48. The molecule has 0 bridgehead atoms. The zero-order valence-electron chi connectivity index (χ0n) is 9.17. The van der Waals surface area contributed by atoms with Gasteiger partial charge < -0.3 is 4.74 Å². The number of ether oxygens (including phenoxy) is 1. The monoisotopic (exact) mass is 223 g/mol. The first-order chi connectivity index (χ1) is 7.11. The maximum atomic E-state index is 5.99. The molecule has 0 aliphatic carbocycles. The van der Waals surface area contributed by atoms with Gasteiger partial charge in [0.2, 0.25) is 0 Å². The number of hydrogen-bond donors (Lipinski definition) is 0. The third kappa shape index (κ3) is 1.86. The number of rotatable bonds is 2. The molecule has 0 radical (unpaired) electrons. The average molecular weight is 224 g/mol. The lowest BCUT2D eigenvalue weighted by molar-refractivity contribution is 0.411. The summed E-state index contributed by atoms with van der Waals surface area (Å²) in [4.78, 5) is 4.57. The van der Waals surface area contributed by atoms with Gasteiger partial charge >= 0.3 is 0 Å². The molecule has 0 saturated heterocycles. The summed E-state index contributed by atoms with van der Waals surface area (Å²) in [6.45, 7) is 4.30. The van der Waals surface area contributed by atoms with Gasteiger partial charge in [0.1, 0.15) is 5.75 Å². The van der Waals surface area contributed by atoms with Crippen LogP contribution in [0.2, 0.25) is 5.02 Å². The van der Waals surface area contributed by atoms with Crippen molar-refractivity contribution in [1.82, 2.24) is 0 Å². The summed E-state index contributed by atoms with van der Waals surface area (Å²) in [7, 11) is 1.67. The molecule has 1 aliphatic heterocycles. The predicted molar refractivity (Wildman–Crippen MR) is 63.6 cm³/mol. The summed E-state index contributed by atoms with van der Waals surface area (Å²) in [6.07, 6.45) is 0.882. The molecule has 0 N–H and O–H groups in total. The predicted octanol–water partition coefficient (Wildman–Crippen LogP) is 3.63. The Morgan fingerprint density at radius 2 is 2.13 bits per heavy atom. The van der Waals surface area contributed by atoms with Crippen LogP contribution in [-0.4, -0.2) is 12.8 Å². The number of nitrogens with zero attached hydrogens (tertiary/aromatic N) is 1. The van der Waals surface area contributed by atoms with Crippen molar-refractivity contribution in [3.63, 3.8) is 0 Å². The fourth-order valence-corrected chi connectivity index (χ4v) is 1.97. The standard InChI is InChI=1S/C12H14ClNO/c1-7(2)10-6-9-11(14-10)4-8(13)5-12(9)15-3/h4-5,7H,6H2,1-3H3. The molecule has 2 rings (SSSR count). The lowest BCUT2D eigenvalue weighted by Crippen LogP contribution is -2.06. The Kier molecular flexibility index (Phi) is 2.70. The Labute approximate surface area is 94.9 Å². The van der Waals surface area contributed by atoms with E-state index in [-0.39, 0.29) is 0 Å². The van der Waals surface area contributed by atoms with Crippen LogP contribution < -0.4 is 4.74 Å². The fourth-order valence-electron chi connectivity index (χ4n) is 1.77. The van der Waals surface area contributed by atoms with Crippen molar-refractivity contribution in [2.45, 2.75) is 20.3 Å². The highest BCUT2D eigenvalue weighted by Crippen LogP contribution is 2.38. The van der Waals surface area contributed by atoms with Crippen LogP contribution in [0.3, 0.4) is 0 Å². The van der Waals surface area contributed by atoms with E-state index >= 15 is 0 Å². The van der Waals surface area contributed by atoms with E-state index in [1.54, 1.807) is 7.11 Å². The van der Waals surface area contributed by atoms with Gasteiger partial charge in [-0.1, -0.05) is 25.4 Å². The van der Waals surface area contributed by atoms with Crippen LogP contribution in [0.4, 0.5) is 5.69 Å². The smallest absolute Gasteiger partial charge is 0.126 e. The van der Waals surface area contributed by atoms with Gasteiger partial charge in [-0.05, 0) is 18.1 Å². The van der Waals surface area contributed by atoms with Crippen LogP contribution >= 0.6 is 11.6 Å². The van der Waals surface area contributed by atoms with Crippen LogP contribution in [0, 0.1) is 5.92 Å².